The van der Waals surface area contributed by atoms with E-state index in [0.29, 0.717) is 32.3 Å². The first-order valence-electron chi connectivity index (χ1n) is 6.53. The molecule has 4 rings (SSSR count). The van der Waals surface area contributed by atoms with Crippen molar-refractivity contribution >= 4 is 28.1 Å². The first-order chi connectivity index (χ1) is 11.2. The van der Waals surface area contributed by atoms with Crippen molar-refractivity contribution in [1.82, 2.24) is 25.3 Å². The van der Waals surface area contributed by atoms with Crippen LogP contribution >= 0.6 is 11.3 Å². The number of hydrogen-bond acceptors (Lipinski definition) is 8. The predicted octanol–water partition coefficient (Wildman–Crippen LogP) is 1.90. The Bertz CT molecular complexity index is 1010. The van der Waals surface area contributed by atoms with Crippen LogP contribution < -0.4 is 5.73 Å². The second-order valence-corrected chi connectivity index (χ2v) is 5.54. The Morgan fingerprint density at radius 1 is 1.09 bits per heavy atom. The van der Waals surface area contributed by atoms with E-state index in [2.05, 4.69) is 25.3 Å². The summed E-state index contributed by atoms with van der Waals surface area (Å²) >= 11 is 1.31. The van der Waals surface area contributed by atoms with Crippen molar-refractivity contribution in [3.8, 4) is 21.4 Å². The van der Waals surface area contributed by atoms with Gasteiger partial charge in [0.1, 0.15) is 10.5 Å². The average Bonchev–Trinajstić information content (AvgIpc) is 3.22. The minimum atomic E-state index is -0.684. The summed E-state index contributed by atoms with van der Waals surface area (Å²) < 4.78 is 5.04. The monoisotopic (exact) mass is 324 g/mol. The summed E-state index contributed by atoms with van der Waals surface area (Å²) in [6, 6.07) is 7.06. The number of benzene rings is 1. The van der Waals surface area contributed by atoms with Gasteiger partial charge in [0.25, 0.3) is 5.91 Å². The maximum Gasteiger partial charge on any atom is 0.288 e. The van der Waals surface area contributed by atoms with Gasteiger partial charge in [-0.15, -0.1) is 10.2 Å². The van der Waals surface area contributed by atoms with Gasteiger partial charge in [0.05, 0.1) is 5.39 Å². The molecule has 112 valence electrons. The summed E-state index contributed by atoms with van der Waals surface area (Å²) in [6.45, 7) is 0. The molecule has 0 radical (unpaired) electrons. The maximum absolute atomic E-state index is 11.5. The van der Waals surface area contributed by atoms with Gasteiger partial charge in [-0.3, -0.25) is 4.79 Å². The van der Waals surface area contributed by atoms with E-state index < -0.39 is 5.91 Å². The van der Waals surface area contributed by atoms with Crippen LogP contribution in [0.4, 0.5) is 0 Å². The Morgan fingerprint density at radius 3 is 2.65 bits per heavy atom. The smallest absolute Gasteiger partial charge is 0.288 e. The summed E-state index contributed by atoms with van der Waals surface area (Å²) in [4.78, 5) is 19.8. The first kappa shape index (κ1) is 13.5. The van der Waals surface area contributed by atoms with E-state index >= 15 is 0 Å². The maximum atomic E-state index is 11.5. The largest absolute Gasteiger partial charge is 0.363 e. The zero-order valence-electron chi connectivity index (χ0n) is 11.5. The van der Waals surface area contributed by atoms with E-state index in [9.17, 15) is 4.79 Å². The van der Waals surface area contributed by atoms with Crippen molar-refractivity contribution in [3.63, 3.8) is 0 Å². The van der Waals surface area contributed by atoms with E-state index in [4.69, 9.17) is 10.3 Å². The molecule has 1 aromatic carbocycles. The number of fused-ring (bicyclic) bond motifs is 1. The number of carbonyl (C=O) groups excluding carboxylic acids is 1. The van der Waals surface area contributed by atoms with Crippen molar-refractivity contribution in [2.45, 2.75) is 0 Å². The number of aromatic nitrogens is 5. The molecule has 0 bridgehead atoms. The second-order valence-electron chi connectivity index (χ2n) is 4.56. The number of rotatable bonds is 3. The van der Waals surface area contributed by atoms with Gasteiger partial charge in [0.2, 0.25) is 5.76 Å². The van der Waals surface area contributed by atoms with Crippen molar-refractivity contribution in [1.29, 1.82) is 0 Å². The van der Waals surface area contributed by atoms with Gasteiger partial charge in [0.15, 0.2) is 10.8 Å². The van der Waals surface area contributed by atoms with Gasteiger partial charge in [-0.2, -0.15) is 0 Å². The first-order valence-corrected chi connectivity index (χ1v) is 7.35. The van der Waals surface area contributed by atoms with Crippen LogP contribution in [0.3, 0.4) is 0 Å². The van der Waals surface area contributed by atoms with E-state index in [1.54, 1.807) is 30.6 Å². The number of nitrogens with two attached hydrogens (primary N) is 1. The molecule has 0 saturated carbocycles. The zero-order valence-corrected chi connectivity index (χ0v) is 12.3. The third kappa shape index (κ3) is 2.23. The van der Waals surface area contributed by atoms with Crippen LogP contribution in [-0.4, -0.2) is 31.2 Å². The minimum Gasteiger partial charge on any atom is -0.363 e. The van der Waals surface area contributed by atoms with Crippen LogP contribution in [0, 0.1) is 0 Å². The highest BCUT2D eigenvalue weighted by Gasteiger charge is 2.20. The third-order valence-corrected chi connectivity index (χ3v) is 4.09. The average molecular weight is 324 g/mol. The normalized spacial score (nSPS) is 11.0. The summed E-state index contributed by atoms with van der Waals surface area (Å²) in [6.07, 6.45) is 3.27. The molecule has 9 heteroatoms. The lowest BCUT2D eigenvalue weighted by Gasteiger charge is -1.97. The summed E-state index contributed by atoms with van der Waals surface area (Å²) in [5, 5.41) is 13.8. The van der Waals surface area contributed by atoms with Crippen LogP contribution in [0.2, 0.25) is 0 Å². The van der Waals surface area contributed by atoms with Crippen molar-refractivity contribution < 1.29 is 9.32 Å². The molecule has 4 aromatic rings. The summed E-state index contributed by atoms with van der Waals surface area (Å²) in [5.41, 5.74) is 6.55. The van der Waals surface area contributed by atoms with E-state index in [0.717, 1.165) is 0 Å². The summed E-state index contributed by atoms with van der Waals surface area (Å²) in [5.74, 6) is -0.191. The number of nitrogens with zero attached hydrogens (tertiary/aromatic N) is 5. The SMILES string of the molecule is NC(=O)c1onc2cccc(-c3nnc(-c4ncccn4)s3)c12. The molecule has 0 atom stereocenters. The molecular formula is C14H8N6O2S. The molecule has 2 N–H and O–H groups in total. The highest BCUT2D eigenvalue weighted by atomic mass is 32.1. The number of carbonyl (C=O) groups is 1. The van der Waals surface area contributed by atoms with Gasteiger partial charge >= 0.3 is 0 Å². The molecule has 0 unspecified atom stereocenters. The van der Waals surface area contributed by atoms with Crippen LogP contribution in [0.15, 0.2) is 41.2 Å². The Morgan fingerprint density at radius 2 is 1.87 bits per heavy atom. The van der Waals surface area contributed by atoms with Crippen LogP contribution in [0.25, 0.3) is 32.3 Å². The van der Waals surface area contributed by atoms with Crippen molar-refractivity contribution in [2.75, 3.05) is 0 Å². The van der Waals surface area contributed by atoms with Crippen LogP contribution in [0.5, 0.6) is 0 Å². The number of primary amides is 1. The minimum absolute atomic E-state index is 0.00307. The molecule has 0 fully saturated rings. The highest BCUT2D eigenvalue weighted by molar-refractivity contribution is 7.17. The molecule has 1 amide bonds. The molecule has 0 aliphatic rings. The fourth-order valence-corrected chi connectivity index (χ4v) is 3.00. The van der Waals surface area contributed by atoms with E-state index in [1.165, 1.54) is 11.3 Å². The number of hydrogen-bond donors (Lipinski definition) is 1. The fourth-order valence-electron chi connectivity index (χ4n) is 2.17. The second kappa shape index (κ2) is 5.21. The lowest BCUT2D eigenvalue weighted by molar-refractivity contribution is 0.0967. The molecule has 23 heavy (non-hydrogen) atoms. The van der Waals surface area contributed by atoms with Crippen molar-refractivity contribution in [2.24, 2.45) is 5.73 Å². The third-order valence-electron chi connectivity index (χ3n) is 3.14. The summed E-state index contributed by atoms with van der Waals surface area (Å²) in [7, 11) is 0. The van der Waals surface area contributed by atoms with Gasteiger partial charge in [-0.25, -0.2) is 9.97 Å². The lowest BCUT2D eigenvalue weighted by atomic mass is 10.1. The molecule has 3 aromatic heterocycles. The van der Waals surface area contributed by atoms with Crippen LogP contribution in [-0.2, 0) is 0 Å². The number of amides is 1. The Hall–Kier alpha value is -3.20. The molecule has 0 saturated heterocycles. The van der Waals surface area contributed by atoms with Crippen LogP contribution in [0.1, 0.15) is 10.6 Å². The Labute approximate surface area is 133 Å². The highest BCUT2D eigenvalue weighted by Crippen LogP contribution is 2.34. The molecule has 0 aliphatic heterocycles. The fraction of sp³-hybridized carbons (Fsp3) is 0. The molecule has 0 aliphatic carbocycles. The topological polar surface area (TPSA) is 121 Å². The predicted molar refractivity (Wildman–Crippen MR) is 82.5 cm³/mol. The standard InChI is InChI=1S/C14H8N6O2S/c15-11(21)10-9-7(3-1-4-8(9)20-22-10)13-18-19-14(23-13)12-16-5-2-6-17-12/h1-6H,(H2,15,21). The van der Waals surface area contributed by atoms with Crippen molar-refractivity contribution in [3.05, 3.63) is 42.4 Å². The van der Waals surface area contributed by atoms with Gasteiger partial charge < -0.3 is 10.3 Å². The van der Waals surface area contributed by atoms with E-state index in [1.807, 2.05) is 6.07 Å². The lowest BCUT2D eigenvalue weighted by Crippen LogP contribution is -2.10. The Kier molecular flexibility index (Phi) is 3.05. The van der Waals surface area contributed by atoms with E-state index in [-0.39, 0.29) is 5.76 Å². The molecule has 0 spiro atoms. The quantitative estimate of drug-likeness (QED) is 0.611. The molecular weight excluding hydrogens is 316 g/mol. The Balaban J connectivity index is 1.89. The molecule has 8 nitrogen and oxygen atoms in total. The zero-order chi connectivity index (χ0) is 15.8. The van der Waals surface area contributed by atoms with Gasteiger partial charge in [-0.1, -0.05) is 28.6 Å². The van der Waals surface area contributed by atoms with Gasteiger partial charge in [-0.05, 0) is 12.1 Å². The molecule has 3 heterocycles. The van der Waals surface area contributed by atoms with Gasteiger partial charge in [0, 0.05) is 18.0 Å².